The number of benzene rings is 2. The highest BCUT2D eigenvalue weighted by Crippen LogP contribution is 2.25. The van der Waals surface area contributed by atoms with Gasteiger partial charge in [0, 0.05) is 5.69 Å². The number of carbonyl (C=O) groups is 3. The van der Waals surface area contributed by atoms with Gasteiger partial charge in [0.1, 0.15) is 12.1 Å². The molecule has 0 saturated carbocycles. The van der Waals surface area contributed by atoms with Gasteiger partial charge in [-0.25, -0.2) is 4.79 Å². The fourth-order valence-corrected chi connectivity index (χ4v) is 3.16. The number of imide groups is 1. The summed E-state index contributed by atoms with van der Waals surface area (Å²) in [5.41, 5.74) is -0.256. The molecule has 6 heteroatoms. The number of fused-ring (bicyclic) bond motifs is 1. The van der Waals surface area contributed by atoms with Gasteiger partial charge >= 0.3 is 6.03 Å². The maximum Gasteiger partial charge on any atom is 0.325 e. The summed E-state index contributed by atoms with van der Waals surface area (Å²) in [4.78, 5) is 37.9. The average Bonchev–Trinajstić information content (AvgIpc) is 2.86. The molecule has 2 aromatic carbocycles. The van der Waals surface area contributed by atoms with Gasteiger partial charge in [0.15, 0.2) is 0 Å². The molecule has 4 amide bonds. The second-order valence-electron chi connectivity index (χ2n) is 6.22. The van der Waals surface area contributed by atoms with Gasteiger partial charge in [-0.05, 0) is 35.7 Å². The molecule has 2 N–H and O–H groups in total. The lowest BCUT2D eigenvalue weighted by atomic mass is 9.93. The van der Waals surface area contributed by atoms with E-state index in [0.29, 0.717) is 18.5 Å². The van der Waals surface area contributed by atoms with E-state index in [4.69, 9.17) is 0 Å². The summed E-state index contributed by atoms with van der Waals surface area (Å²) >= 11 is 0. The lowest BCUT2D eigenvalue weighted by molar-refractivity contribution is -0.134. The summed E-state index contributed by atoms with van der Waals surface area (Å²) in [5, 5.41) is 7.55. The molecule has 0 aliphatic carbocycles. The summed E-state index contributed by atoms with van der Waals surface area (Å²) in [7, 11) is 0. The SMILES string of the molecule is CCC1(CC)NC(=O)N(CC(=O)Nc2ccc3ccccc3c2)C1=O. The molecular formula is C19H21N3O3. The van der Waals surface area contributed by atoms with Crippen LogP contribution in [0.2, 0.25) is 0 Å². The summed E-state index contributed by atoms with van der Waals surface area (Å²) in [6.45, 7) is 3.40. The van der Waals surface area contributed by atoms with Crippen molar-refractivity contribution >= 4 is 34.3 Å². The van der Waals surface area contributed by atoms with Gasteiger partial charge in [-0.2, -0.15) is 0 Å². The minimum absolute atomic E-state index is 0.292. The third kappa shape index (κ3) is 3.07. The van der Waals surface area contributed by atoms with Crippen molar-refractivity contribution in [1.29, 1.82) is 0 Å². The van der Waals surface area contributed by atoms with E-state index in [0.717, 1.165) is 15.7 Å². The highest BCUT2D eigenvalue weighted by atomic mass is 16.2. The molecule has 1 saturated heterocycles. The lowest BCUT2D eigenvalue weighted by Gasteiger charge is -2.23. The number of amides is 4. The molecule has 0 bridgehead atoms. The Hall–Kier alpha value is -2.89. The first-order valence-electron chi connectivity index (χ1n) is 8.42. The zero-order valence-corrected chi connectivity index (χ0v) is 14.3. The van der Waals surface area contributed by atoms with Crippen molar-refractivity contribution in [3.63, 3.8) is 0 Å². The Labute approximate surface area is 146 Å². The zero-order chi connectivity index (χ0) is 18.0. The molecule has 2 aromatic rings. The Morgan fingerprint density at radius 3 is 2.40 bits per heavy atom. The van der Waals surface area contributed by atoms with E-state index in [9.17, 15) is 14.4 Å². The highest BCUT2D eigenvalue weighted by Gasteiger charge is 2.49. The fraction of sp³-hybridized carbons (Fsp3) is 0.316. The van der Waals surface area contributed by atoms with Gasteiger partial charge in [-0.3, -0.25) is 14.5 Å². The summed E-state index contributed by atoms with van der Waals surface area (Å²) in [5.74, 6) is -0.738. The van der Waals surface area contributed by atoms with Crippen LogP contribution in [0.3, 0.4) is 0 Å². The van der Waals surface area contributed by atoms with Gasteiger partial charge in [0.25, 0.3) is 5.91 Å². The van der Waals surface area contributed by atoms with E-state index in [1.165, 1.54) is 0 Å². The van der Waals surface area contributed by atoms with Crippen molar-refractivity contribution in [3.8, 4) is 0 Å². The lowest BCUT2D eigenvalue weighted by Crippen LogP contribution is -2.46. The van der Waals surface area contributed by atoms with Gasteiger partial charge in [-0.15, -0.1) is 0 Å². The van der Waals surface area contributed by atoms with Crippen LogP contribution in [-0.2, 0) is 9.59 Å². The monoisotopic (exact) mass is 339 g/mol. The summed E-state index contributed by atoms with van der Waals surface area (Å²) in [6.07, 6.45) is 0.994. The zero-order valence-electron chi connectivity index (χ0n) is 14.3. The van der Waals surface area contributed by atoms with Crippen LogP contribution in [-0.4, -0.2) is 34.8 Å². The van der Waals surface area contributed by atoms with Crippen LogP contribution in [0.15, 0.2) is 42.5 Å². The summed E-state index contributed by atoms with van der Waals surface area (Å²) < 4.78 is 0. The molecule has 25 heavy (non-hydrogen) atoms. The second kappa shape index (κ2) is 6.55. The number of hydrogen-bond donors (Lipinski definition) is 2. The summed E-state index contributed by atoms with van der Waals surface area (Å²) in [6, 6.07) is 12.9. The Morgan fingerprint density at radius 2 is 1.76 bits per heavy atom. The third-order valence-electron chi connectivity index (χ3n) is 4.79. The molecule has 1 aliphatic rings. The number of nitrogens with zero attached hydrogens (tertiary/aromatic N) is 1. The predicted molar refractivity (Wildman–Crippen MR) is 96.1 cm³/mol. The van der Waals surface area contributed by atoms with E-state index in [-0.39, 0.29) is 12.5 Å². The van der Waals surface area contributed by atoms with Crippen LogP contribution in [0.5, 0.6) is 0 Å². The van der Waals surface area contributed by atoms with Crippen molar-refractivity contribution in [2.45, 2.75) is 32.2 Å². The molecule has 6 nitrogen and oxygen atoms in total. The second-order valence-corrected chi connectivity index (χ2v) is 6.22. The van der Waals surface area contributed by atoms with Crippen LogP contribution in [0, 0.1) is 0 Å². The van der Waals surface area contributed by atoms with Gasteiger partial charge in [0.2, 0.25) is 5.91 Å². The van der Waals surface area contributed by atoms with Crippen molar-refractivity contribution in [3.05, 3.63) is 42.5 Å². The highest BCUT2D eigenvalue weighted by molar-refractivity contribution is 6.10. The Balaban J connectivity index is 1.71. The number of urea groups is 1. The first kappa shape index (κ1) is 17.0. The Kier molecular flexibility index (Phi) is 4.44. The Bertz CT molecular complexity index is 843. The van der Waals surface area contributed by atoms with Crippen LogP contribution in [0.4, 0.5) is 10.5 Å². The molecular weight excluding hydrogens is 318 g/mol. The molecule has 0 atom stereocenters. The number of carbonyl (C=O) groups excluding carboxylic acids is 3. The molecule has 130 valence electrons. The van der Waals surface area contributed by atoms with Crippen LogP contribution >= 0.6 is 0 Å². The van der Waals surface area contributed by atoms with Gasteiger partial charge in [-0.1, -0.05) is 44.2 Å². The van der Waals surface area contributed by atoms with Crippen molar-refractivity contribution in [1.82, 2.24) is 10.2 Å². The van der Waals surface area contributed by atoms with Gasteiger partial charge < -0.3 is 10.6 Å². The number of nitrogens with one attached hydrogen (secondary N) is 2. The molecule has 0 spiro atoms. The molecule has 1 fully saturated rings. The van der Waals surface area contributed by atoms with E-state index >= 15 is 0 Å². The molecule has 0 radical (unpaired) electrons. The van der Waals surface area contributed by atoms with E-state index in [1.54, 1.807) is 6.07 Å². The molecule has 1 aliphatic heterocycles. The maximum absolute atomic E-state index is 12.5. The van der Waals surface area contributed by atoms with E-state index in [2.05, 4.69) is 10.6 Å². The number of hydrogen-bond acceptors (Lipinski definition) is 3. The minimum Gasteiger partial charge on any atom is -0.325 e. The molecule has 0 unspecified atom stereocenters. The Morgan fingerprint density at radius 1 is 1.08 bits per heavy atom. The van der Waals surface area contributed by atoms with E-state index in [1.807, 2.05) is 50.2 Å². The smallest absolute Gasteiger partial charge is 0.325 e. The normalized spacial score (nSPS) is 16.2. The third-order valence-corrected chi connectivity index (χ3v) is 4.79. The quantitative estimate of drug-likeness (QED) is 0.822. The van der Waals surface area contributed by atoms with Crippen molar-refractivity contribution in [2.24, 2.45) is 0 Å². The van der Waals surface area contributed by atoms with E-state index < -0.39 is 17.5 Å². The minimum atomic E-state index is -0.889. The van der Waals surface area contributed by atoms with Crippen LogP contribution in [0.25, 0.3) is 10.8 Å². The van der Waals surface area contributed by atoms with Crippen LogP contribution in [0.1, 0.15) is 26.7 Å². The standard InChI is InChI=1S/C19H21N3O3/c1-3-19(4-2)17(24)22(18(25)21-19)12-16(23)20-15-10-9-13-7-5-6-8-14(13)11-15/h5-11H,3-4,12H2,1-2H3,(H,20,23)(H,21,25). The molecule has 3 rings (SSSR count). The number of anilines is 1. The largest absolute Gasteiger partial charge is 0.325 e. The van der Waals surface area contributed by atoms with Crippen molar-refractivity contribution in [2.75, 3.05) is 11.9 Å². The predicted octanol–water partition coefficient (Wildman–Crippen LogP) is 2.89. The fourth-order valence-electron chi connectivity index (χ4n) is 3.16. The topological polar surface area (TPSA) is 78.5 Å². The van der Waals surface area contributed by atoms with Crippen molar-refractivity contribution < 1.29 is 14.4 Å². The molecule has 0 aromatic heterocycles. The van der Waals surface area contributed by atoms with Gasteiger partial charge in [0.05, 0.1) is 0 Å². The maximum atomic E-state index is 12.5. The average molecular weight is 339 g/mol. The molecule has 1 heterocycles. The number of rotatable bonds is 5. The first-order chi connectivity index (χ1) is 12.0. The van der Waals surface area contributed by atoms with Crippen LogP contribution < -0.4 is 10.6 Å². The first-order valence-corrected chi connectivity index (χ1v) is 8.42.